The molecular formula is C16H20FNO3. The van der Waals surface area contributed by atoms with Gasteiger partial charge in [-0.1, -0.05) is 18.2 Å². The Morgan fingerprint density at radius 1 is 1.24 bits per heavy atom. The lowest BCUT2D eigenvalue weighted by Gasteiger charge is -2.12. The number of furan rings is 1. The third-order valence-corrected chi connectivity index (χ3v) is 3.03. The second-order valence-electron chi connectivity index (χ2n) is 4.79. The second-order valence-corrected chi connectivity index (χ2v) is 4.79. The van der Waals surface area contributed by atoms with E-state index in [0.29, 0.717) is 12.1 Å². The number of ether oxygens (including phenoxy) is 1. The van der Waals surface area contributed by atoms with Crippen LogP contribution in [0.4, 0.5) is 4.39 Å². The van der Waals surface area contributed by atoms with Crippen LogP contribution in [0.3, 0.4) is 0 Å². The highest BCUT2D eigenvalue weighted by Gasteiger charge is 2.06. The smallest absolute Gasteiger partial charge is 0.128 e. The Hall–Kier alpha value is -1.69. The molecule has 0 amide bonds. The minimum Gasteiger partial charge on any atom is -0.469 e. The van der Waals surface area contributed by atoms with Crippen molar-refractivity contribution in [2.24, 2.45) is 0 Å². The van der Waals surface area contributed by atoms with Crippen molar-refractivity contribution >= 4 is 0 Å². The molecule has 0 aliphatic heterocycles. The molecule has 1 unspecified atom stereocenters. The van der Waals surface area contributed by atoms with Crippen LogP contribution in [0.2, 0.25) is 0 Å². The molecule has 1 aromatic carbocycles. The normalized spacial score (nSPS) is 12.5. The predicted molar refractivity (Wildman–Crippen MR) is 77.3 cm³/mol. The van der Waals surface area contributed by atoms with Crippen molar-refractivity contribution in [3.8, 4) is 0 Å². The van der Waals surface area contributed by atoms with Crippen molar-refractivity contribution in [3.05, 3.63) is 59.8 Å². The lowest BCUT2D eigenvalue weighted by Crippen LogP contribution is -2.31. The van der Waals surface area contributed by atoms with Crippen LogP contribution in [0.5, 0.6) is 0 Å². The molecule has 2 rings (SSSR count). The zero-order valence-corrected chi connectivity index (χ0v) is 11.8. The number of halogens is 1. The molecule has 1 aromatic heterocycles. The molecule has 1 heterocycles. The van der Waals surface area contributed by atoms with Gasteiger partial charge in [0, 0.05) is 25.1 Å². The summed E-state index contributed by atoms with van der Waals surface area (Å²) in [6.45, 7) is 1.48. The van der Waals surface area contributed by atoms with Gasteiger partial charge in [-0.3, -0.25) is 0 Å². The Balaban J connectivity index is 1.55. The van der Waals surface area contributed by atoms with Gasteiger partial charge in [-0.05, 0) is 18.2 Å². The molecule has 2 N–H and O–H groups in total. The zero-order valence-electron chi connectivity index (χ0n) is 11.8. The third kappa shape index (κ3) is 5.67. The molecule has 0 saturated heterocycles. The van der Waals surface area contributed by atoms with Gasteiger partial charge in [0.25, 0.3) is 0 Å². The average molecular weight is 293 g/mol. The van der Waals surface area contributed by atoms with E-state index in [2.05, 4.69) is 5.32 Å². The molecule has 2 aromatic rings. The highest BCUT2D eigenvalue weighted by atomic mass is 19.1. The van der Waals surface area contributed by atoms with Gasteiger partial charge >= 0.3 is 0 Å². The Labute approximate surface area is 123 Å². The molecule has 0 saturated carbocycles. The first-order chi connectivity index (χ1) is 10.3. The molecule has 1 atom stereocenters. The van der Waals surface area contributed by atoms with Crippen LogP contribution in [-0.4, -0.2) is 30.9 Å². The SMILES string of the molecule is OC(CNCCc1ccco1)COCc1ccccc1F. The summed E-state index contributed by atoms with van der Waals surface area (Å²) in [5, 5.41) is 12.9. The fraction of sp³-hybridized carbons (Fsp3) is 0.375. The first-order valence-electron chi connectivity index (χ1n) is 6.98. The number of nitrogens with one attached hydrogen (secondary N) is 1. The number of aliphatic hydroxyl groups excluding tert-OH is 1. The Kier molecular flexibility index (Phi) is 6.40. The van der Waals surface area contributed by atoms with E-state index in [1.165, 1.54) is 6.07 Å². The summed E-state index contributed by atoms with van der Waals surface area (Å²) in [7, 11) is 0. The van der Waals surface area contributed by atoms with Gasteiger partial charge in [0.2, 0.25) is 0 Å². The predicted octanol–water partition coefficient (Wildman–Crippen LogP) is 2.13. The molecule has 4 nitrogen and oxygen atoms in total. The van der Waals surface area contributed by atoms with Crippen LogP contribution in [0, 0.1) is 5.82 Å². The molecule has 0 aliphatic carbocycles. The maximum Gasteiger partial charge on any atom is 0.128 e. The third-order valence-electron chi connectivity index (χ3n) is 3.03. The summed E-state index contributed by atoms with van der Waals surface area (Å²) in [4.78, 5) is 0. The first kappa shape index (κ1) is 15.7. The van der Waals surface area contributed by atoms with Gasteiger partial charge in [-0.2, -0.15) is 0 Å². The summed E-state index contributed by atoms with van der Waals surface area (Å²) in [5.41, 5.74) is 0.496. The molecule has 0 spiro atoms. The number of hydrogen-bond donors (Lipinski definition) is 2. The number of benzene rings is 1. The molecule has 114 valence electrons. The van der Waals surface area contributed by atoms with Crippen molar-refractivity contribution in [2.45, 2.75) is 19.1 Å². The van der Waals surface area contributed by atoms with Crippen LogP contribution < -0.4 is 5.32 Å². The lowest BCUT2D eigenvalue weighted by molar-refractivity contribution is 0.0280. The Morgan fingerprint density at radius 3 is 2.86 bits per heavy atom. The Bertz CT molecular complexity index is 516. The monoisotopic (exact) mass is 293 g/mol. The van der Waals surface area contributed by atoms with Gasteiger partial charge in [0.15, 0.2) is 0 Å². The summed E-state index contributed by atoms with van der Waals surface area (Å²) >= 11 is 0. The van der Waals surface area contributed by atoms with Crippen molar-refractivity contribution in [2.75, 3.05) is 19.7 Å². The van der Waals surface area contributed by atoms with Gasteiger partial charge in [-0.15, -0.1) is 0 Å². The summed E-state index contributed by atoms with van der Waals surface area (Å²) in [6, 6.07) is 10.2. The van der Waals surface area contributed by atoms with Crippen molar-refractivity contribution in [1.82, 2.24) is 5.32 Å². The van der Waals surface area contributed by atoms with E-state index in [-0.39, 0.29) is 19.0 Å². The molecule has 0 radical (unpaired) electrons. The summed E-state index contributed by atoms with van der Waals surface area (Å²) < 4.78 is 23.9. The topological polar surface area (TPSA) is 54.6 Å². The molecule has 0 bridgehead atoms. The van der Waals surface area contributed by atoms with E-state index in [4.69, 9.17) is 9.15 Å². The van der Waals surface area contributed by atoms with Crippen LogP contribution in [-0.2, 0) is 17.8 Å². The fourth-order valence-corrected chi connectivity index (χ4v) is 1.91. The summed E-state index contributed by atoms with van der Waals surface area (Å²) in [6.07, 6.45) is 1.80. The number of hydrogen-bond acceptors (Lipinski definition) is 4. The largest absolute Gasteiger partial charge is 0.469 e. The van der Waals surface area contributed by atoms with Crippen molar-refractivity contribution in [3.63, 3.8) is 0 Å². The van der Waals surface area contributed by atoms with E-state index >= 15 is 0 Å². The standard InChI is InChI=1S/C16H20FNO3/c17-16-6-2-1-4-13(16)11-20-12-14(19)10-18-8-7-15-5-3-9-21-15/h1-6,9,14,18-19H,7-8,10-12H2. The minimum absolute atomic E-state index is 0.163. The summed E-state index contributed by atoms with van der Waals surface area (Å²) in [5.74, 6) is 0.622. The van der Waals surface area contributed by atoms with Gasteiger partial charge < -0.3 is 19.6 Å². The van der Waals surface area contributed by atoms with E-state index in [1.807, 2.05) is 12.1 Å². The molecule has 5 heteroatoms. The van der Waals surface area contributed by atoms with Gasteiger partial charge in [-0.25, -0.2) is 4.39 Å². The maximum absolute atomic E-state index is 13.3. The molecule has 21 heavy (non-hydrogen) atoms. The van der Waals surface area contributed by atoms with Gasteiger partial charge in [0.1, 0.15) is 11.6 Å². The first-order valence-corrected chi connectivity index (χ1v) is 6.98. The van der Waals surface area contributed by atoms with Crippen LogP contribution >= 0.6 is 0 Å². The maximum atomic E-state index is 13.3. The quantitative estimate of drug-likeness (QED) is 0.695. The molecule has 0 fully saturated rings. The highest BCUT2D eigenvalue weighted by Crippen LogP contribution is 2.07. The van der Waals surface area contributed by atoms with Crippen LogP contribution in [0.25, 0.3) is 0 Å². The van der Waals surface area contributed by atoms with E-state index in [0.717, 1.165) is 18.7 Å². The minimum atomic E-state index is -0.617. The van der Waals surface area contributed by atoms with Gasteiger partial charge in [0.05, 0.1) is 25.6 Å². The van der Waals surface area contributed by atoms with Crippen molar-refractivity contribution in [1.29, 1.82) is 0 Å². The number of rotatable bonds is 9. The number of aliphatic hydroxyl groups is 1. The van der Waals surface area contributed by atoms with Crippen LogP contribution in [0.1, 0.15) is 11.3 Å². The van der Waals surface area contributed by atoms with Crippen LogP contribution in [0.15, 0.2) is 47.1 Å². The molecular weight excluding hydrogens is 273 g/mol. The van der Waals surface area contributed by atoms with E-state index < -0.39 is 6.10 Å². The van der Waals surface area contributed by atoms with E-state index in [1.54, 1.807) is 24.5 Å². The van der Waals surface area contributed by atoms with Crippen molar-refractivity contribution < 1.29 is 18.7 Å². The lowest BCUT2D eigenvalue weighted by atomic mass is 10.2. The second kappa shape index (κ2) is 8.56. The molecule has 0 aliphatic rings. The highest BCUT2D eigenvalue weighted by molar-refractivity contribution is 5.16. The van der Waals surface area contributed by atoms with E-state index in [9.17, 15) is 9.50 Å². The zero-order chi connectivity index (χ0) is 14.9. The average Bonchev–Trinajstić information content (AvgIpc) is 2.99. The Morgan fingerprint density at radius 2 is 2.10 bits per heavy atom. The fourth-order valence-electron chi connectivity index (χ4n) is 1.91.